The second kappa shape index (κ2) is 8.44. The predicted molar refractivity (Wildman–Crippen MR) is 77.3 cm³/mol. The Morgan fingerprint density at radius 1 is 0.842 bits per heavy atom. The highest BCUT2D eigenvalue weighted by Gasteiger charge is 2.21. The number of ether oxygens (including phenoxy) is 2. The van der Waals surface area contributed by atoms with Gasteiger partial charge < -0.3 is 9.47 Å². The van der Waals surface area contributed by atoms with Gasteiger partial charge in [-0.1, -0.05) is 38.5 Å². The molecule has 0 bridgehead atoms. The van der Waals surface area contributed by atoms with Crippen LogP contribution in [0.2, 0.25) is 0 Å². The van der Waals surface area contributed by atoms with Gasteiger partial charge >= 0.3 is 6.16 Å². The van der Waals surface area contributed by atoms with E-state index >= 15 is 0 Å². The van der Waals surface area contributed by atoms with E-state index in [1.165, 1.54) is 38.5 Å². The second-order valence-electron chi connectivity index (χ2n) is 6.61. The highest BCUT2D eigenvalue weighted by Crippen LogP contribution is 2.20. The van der Waals surface area contributed by atoms with Gasteiger partial charge in [0.05, 0.1) is 0 Å². The lowest BCUT2D eigenvalue weighted by Crippen LogP contribution is -2.27. The molecule has 112 valence electrons. The molecule has 0 atom stereocenters. The van der Waals surface area contributed by atoms with E-state index in [-0.39, 0.29) is 6.10 Å². The van der Waals surface area contributed by atoms with Gasteiger partial charge in [-0.2, -0.15) is 0 Å². The third-order valence-corrected chi connectivity index (χ3v) is 3.45. The van der Waals surface area contributed by atoms with Crippen molar-refractivity contribution >= 4 is 6.16 Å². The largest absolute Gasteiger partial charge is 0.509 e. The van der Waals surface area contributed by atoms with Crippen molar-refractivity contribution in [2.75, 3.05) is 0 Å². The van der Waals surface area contributed by atoms with E-state index in [4.69, 9.17) is 9.47 Å². The van der Waals surface area contributed by atoms with Crippen molar-refractivity contribution < 1.29 is 14.3 Å². The van der Waals surface area contributed by atoms with Gasteiger partial charge in [0, 0.05) is 0 Å². The fourth-order valence-electron chi connectivity index (χ4n) is 2.48. The minimum Gasteiger partial charge on any atom is -0.431 e. The molecule has 1 rings (SSSR count). The van der Waals surface area contributed by atoms with Crippen LogP contribution in [0.4, 0.5) is 4.79 Å². The number of carbonyl (C=O) groups is 1. The van der Waals surface area contributed by atoms with Crippen molar-refractivity contribution in [3.8, 4) is 0 Å². The molecule has 1 fully saturated rings. The van der Waals surface area contributed by atoms with Crippen LogP contribution < -0.4 is 0 Å². The standard InChI is InChI=1S/C16H30O3/c1-16(2,3)19-15(17)18-14-12-10-8-6-4-5-7-9-11-13-14/h14H,4-13H2,1-3H3. The van der Waals surface area contributed by atoms with Crippen LogP contribution in [0.1, 0.15) is 85.0 Å². The normalized spacial score (nSPS) is 20.4. The van der Waals surface area contributed by atoms with Gasteiger partial charge in [0.25, 0.3) is 0 Å². The average molecular weight is 270 g/mol. The topological polar surface area (TPSA) is 35.5 Å². The maximum Gasteiger partial charge on any atom is 0.509 e. The van der Waals surface area contributed by atoms with Gasteiger partial charge in [0.15, 0.2) is 0 Å². The first kappa shape index (κ1) is 16.3. The smallest absolute Gasteiger partial charge is 0.431 e. The molecule has 0 aliphatic heterocycles. The first-order valence-electron chi connectivity index (χ1n) is 7.87. The van der Waals surface area contributed by atoms with Crippen LogP contribution >= 0.6 is 0 Å². The summed E-state index contributed by atoms with van der Waals surface area (Å²) in [4.78, 5) is 11.7. The van der Waals surface area contributed by atoms with Crippen LogP contribution in [0.3, 0.4) is 0 Å². The van der Waals surface area contributed by atoms with Gasteiger partial charge in [-0.25, -0.2) is 4.79 Å². The summed E-state index contributed by atoms with van der Waals surface area (Å²) < 4.78 is 10.7. The molecule has 19 heavy (non-hydrogen) atoms. The average Bonchev–Trinajstić information content (AvgIpc) is 2.32. The zero-order valence-corrected chi connectivity index (χ0v) is 12.9. The first-order chi connectivity index (χ1) is 8.97. The third kappa shape index (κ3) is 8.90. The molecule has 3 nitrogen and oxygen atoms in total. The molecule has 0 spiro atoms. The van der Waals surface area contributed by atoms with E-state index in [0.717, 1.165) is 25.7 Å². The zero-order valence-electron chi connectivity index (χ0n) is 12.9. The van der Waals surface area contributed by atoms with Gasteiger partial charge in [-0.3, -0.25) is 0 Å². The third-order valence-electron chi connectivity index (χ3n) is 3.45. The van der Waals surface area contributed by atoms with Crippen LogP contribution in [-0.2, 0) is 9.47 Å². The van der Waals surface area contributed by atoms with Crippen LogP contribution in [0.15, 0.2) is 0 Å². The summed E-state index contributed by atoms with van der Waals surface area (Å²) in [5.74, 6) is 0. The van der Waals surface area contributed by atoms with Crippen LogP contribution in [0.5, 0.6) is 0 Å². The summed E-state index contributed by atoms with van der Waals surface area (Å²) in [6.07, 6.45) is 11.7. The lowest BCUT2D eigenvalue weighted by Gasteiger charge is -2.22. The Morgan fingerprint density at radius 3 is 1.68 bits per heavy atom. The summed E-state index contributed by atoms with van der Waals surface area (Å²) in [5, 5.41) is 0. The fourth-order valence-corrected chi connectivity index (χ4v) is 2.48. The molecule has 0 saturated heterocycles. The molecule has 0 radical (unpaired) electrons. The number of rotatable bonds is 1. The van der Waals surface area contributed by atoms with E-state index in [0.29, 0.717) is 0 Å². The Bertz CT molecular complexity index is 243. The maximum absolute atomic E-state index is 11.7. The van der Waals surface area contributed by atoms with Gasteiger partial charge in [-0.15, -0.1) is 0 Å². The van der Waals surface area contributed by atoms with E-state index in [2.05, 4.69) is 0 Å². The first-order valence-corrected chi connectivity index (χ1v) is 7.87. The molecule has 3 heteroatoms. The molecule has 0 unspecified atom stereocenters. The van der Waals surface area contributed by atoms with Gasteiger partial charge in [0.1, 0.15) is 11.7 Å². The Labute approximate surface area is 118 Å². The summed E-state index contributed by atoms with van der Waals surface area (Å²) in [7, 11) is 0. The lowest BCUT2D eigenvalue weighted by atomic mass is 10.1. The van der Waals surface area contributed by atoms with Crippen molar-refractivity contribution in [3.05, 3.63) is 0 Å². The Hall–Kier alpha value is -0.730. The molecule has 1 aliphatic rings. The van der Waals surface area contributed by atoms with Gasteiger partial charge in [-0.05, 0) is 46.5 Å². The number of hydrogen-bond acceptors (Lipinski definition) is 3. The Kier molecular flexibility index (Phi) is 7.25. The quantitative estimate of drug-likeness (QED) is 0.613. The second-order valence-corrected chi connectivity index (χ2v) is 6.61. The molecule has 0 aromatic heterocycles. The summed E-state index contributed by atoms with van der Waals surface area (Å²) in [5.41, 5.74) is -0.468. The summed E-state index contributed by atoms with van der Waals surface area (Å²) in [6, 6.07) is 0. The molecular formula is C16H30O3. The monoisotopic (exact) mass is 270 g/mol. The summed E-state index contributed by atoms with van der Waals surface area (Å²) >= 11 is 0. The van der Waals surface area contributed by atoms with E-state index < -0.39 is 11.8 Å². The Morgan fingerprint density at radius 2 is 1.26 bits per heavy atom. The van der Waals surface area contributed by atoms with E-state index in [9.17, 15) is 4.79 Å². The minimum absolute atomic E-state index is 0.0490. The number of carbonyl (C=O) groups excluding carboxylic acids is 1. The van der Waals surface area contributed by atoms with Crippen molar-refractivity contribution in [2.45, 2.75) is 96.7 Å². The molecule has 0 amide bonds. The Balaban J connectivity index is 2.36. The lowest BCUT2D eigenvalue weighted by molar-refractivity contribution is -0.0306. The minimum atomic E-state index is -0.507. The number of hydrogen-bond donors (Lipinski definition) is 0. The van der Waals surface area contributed by atoms with Gasteiger partial charge in [0.2, 0.25) is 0 Å². The summed E-state index contributed by atoms with van der Waals surface area (Å²) in [6.45, 7) is 5.60. The van der Waals surface area contributed by atoms with Crippen LogP contribution in [-0.4, -0.2) is 17.9 Å². The van der Waals surface area contributed by atoms with Crippen LogP contribution in [0, 0.1) is 0 Å². The highest BCUT2D eigenvalue weighted by atomic mass is 16.7. The molecule has 1 aliphatic carbocycles. The molecule has 0 N–H and O–H groups in total. The molecule has 1 saturated carbocycles. The highest BCUT2D eigenvalue weighted by molar-refractivity contribution is 5.60. The zero-order chi connectivity index (χ0) is 14.1. The van der Waals surface area contributed by atoms with Crippen molar-refractivity contribution in [1.82, 2.24) is 0 Å². The molecule has 0 aromatic rings. The fraction of sp³-hybridized carbons (Fsp3) is 0.938. The van der Waals surface area contributed by atoms with Crippen LogP contribution in [0.25, 0.3) is 0 Å². The molecule has 0 heterocycles. The van der Waals surface area contributed by atoms with E-state index in [1.54, 1.807) is 0 Å². The molecular weight excluding hydrogens is 240 g/mol. The molecule has 0 aromatic carbocycles. The maximum atomic E-state index is 11.7. The SMILES string of the molecule is CC(C)(C)OC(=O)OC1CCCCCCCCCC1. The predicted octanol–water partition coefficient (Wildman–Crippen LogP) is 5.22. The van der Waals surface area contributed by atoms with E-state index in [1.807, 2.05) is 20.8 Å². The van der Waals surface area contributed by atoms with Crippen molar-refractivity contribution in [3.63, 3.8) is 0 Å². The van der Waals surface area contributed by atoms with Crippen molar-refractivity contribution in [2.24, 2.45) is 0 Å². The van der Waals surface area contributed by atoms with Crippen molar-refractivity contribution in [1.29, 1.82) is 0 Å².